The van der Waals surface area contributed by atoms with Crippen molar-refractivity contribution in [2.45, 2.75) is 50.8 Å². The van der Waals surface area contributed by atoms with Crippen LogP contribution in [0.3, 0.4) is 0 Å². The molecular weight excluding hydrogens is 414 g/mol. The fraction of sp³-hybridized carbons (Fsp3) is 0.545. The molecule has 0 atom stereocenters. The van der Waals surface area contributed by atoms with Crippen molar-refractivity contribution in [3.8, 4) is 5.88 Å². The molecule has 1 amide bonds. The van der Waals surface area contributed by atoms with Crippen molar-refractivity contribution in [2.24, 2.45) is 0 Å². The molecule has 8 nitrogen and oxygen atoms in total. The first-order valence-electron chi connectivity index (χ1n) is 10.8. The van der Waals surface area contributed by atoms with Crippen molar-refractivity contribution in [3.05, 3.63) is 41.9 Å². The highest BCUT2D eigenvalue weighted by molar-refractivity contribution is 7.99. The quantitative estimate of drug-likeness (QED) is 0.302. The SMILES string of the molecule is Cc1nnc(SCCCC(=O)NC/C=C\COc2cc(CN3CCCCC3)ccn2)o1. The van der Waals surface area contributed by atoms with Crippen LogP contribution in [-0.2, 0) is 11.3 Å². The fourth-order valence-corrected chi connectivity index (χ4v) is 4.02. The van der Waals surface area contributed by atoms with Crippen LogP contribution in [0.25, 0.3) is 0 Å². The molecule has 0 radical (unpaired) electrons. The van der Waals surface area contributed by atoms with Gasteiger partial charge in [0.15, 0.2) is 0 Å². The van der Waals surface area contributed by atoms with Crippen LogP contribution in [-0.4, -0.2) is 58.0 Å². The van der Waals surface area contributed by atoms with Crippen LogP contribution in [0.4, 0.5) is 0 Å². The van der Waals surface area contributed by atoms with E-state index in [1.165, 1.54) is 49.7 Å². The van der Waals surface area contributed by atoms with Crippen molar-refractivity contribution in [2.75, 3.05) is 32.0 Å². The lowest BCUT2D eigenvalue weighted by Crippen LogP contribution is -2.29. The molecule has 2 aromatic rings. The highest BCUT2D eigenvalue weighted by Crippen LogP contribution is 2.17. The molecule has 0 bridgehead atoms. The predicted octanol–water partition coefficient (Wildman–Crippen LogP) is 3.38. The molecule has 0 unspecified atom stereocenters. The monoisotopic (exact) mass is 445 g/mol. The van der Waals surface area contributed by atoms with Crippen LogP contribution in [0.15, 0.2) is 40.1 Å². The van der Waals surface area contributed by atoms with Gasteiger partial charge in [0.1, 0.15) is 6.61 Å². The zero-order valence-corrected chi connectivity index (χ0v) is 18.9. The van der Waals surface area contributed by atoms with Gasteiger partial charge in [-0.15, -0.1) is 10.2 Å². The minimum atomic E-state index is 0.0277. The van der Waals surface area contributed by atoms with E-state index in [9.17, 15) is 4.79 Å². The molecule has 168 valence electrons. The zero-order chi connectivity index (χ0) is 21.7. The first kappa shape index (κ1) is 23.3. The Kier molecular flexibility index (Phi) is 9.85. The third-order valence-electron chi connectivity index (χ3n) is 4.85. The third kappa shape index (κ3) is 9.10. The van der Waals surface area contributed by atoms with Gasteiger partial charge >= 0.3 is 0 Å². The number of piperidine rings is 1. The number of hydrogen-bond donors (Lipinski definition) is 1. The summed E-state index contributed by atoms with van der Waals surface area (Å²) in [4.78, 5) is 18.6. The van der Waals surface area contributed by atoms with Gasteiger partial charge in [-0.1, -0.05) is 24.3 Å². The van der Waals surface area contributed by atoms with Gasteiger partial charge in [-0.2, -0.15) is 0 Å². The Labute approximate surface area is 187 Å². The molecule has 0 aliphatic carbocycles. The Morgan fingerprint density at radius 3 is 2.97 bits per heavy atom. The third-order valence-corrected chi connectivity index (χ3v) is 5.75. The Morgan fingerprint density at radius 1 is 1.29 bits per heavy atom. The summed E-state index contributed by atoms with van der Waals surface area (Å²) < 4.78 is 11.0. The van der Waals surface area contributed by atoms with Gasteiger partial charge in [0.25, 0.3) is 5.22 Å². The molecule has 1 aliphatic rings. The largest absolute Gasteiger partial charge is 0.473 e. The highest BCUT2D eigenvalue weighted by Gasteiger charge is 2.11. The van der Waals surface area contributed by atoms with E-state index < -0.39 is 0 Å². The molecule has 1 fully saturated rings. The zero-order valence-electron chi connectivity index (χ0n) is 18.1. The number of aryl methyl sites for hydroxylation is 1. The standard InChI is InChI=1S/C22H31N5O3S/c1-18-25-26-22(30-18)31-15-7-8-20(28)23-10-3-6-14-29-21-16-19(9-11-24-21)17-27-12-4-2-5-13-27/h3,6,9,11,16H,2,4-5,7-8,10,12-15,17H2,1H3,(H,23,28)/b6-3-. The molecule has 0 spiro atoms. The Morgan fingerprint density at radius 2 is 2.16 bits per heavy atom. The second kappa shape index (κ2) is 13.1. The minimum Gasteiger partial charge on any atom is -0.473 e. The smallest absolute Gasteiger partial charge is 0.276 e. The van der Waals surface area contributed by atoms with E-state index in [1.807, 2.05) is 18.2 Å². The van der Waals surface area contributed by atoms with Gasteiger partial charge < -0.3 is 14.5 Å². The molecule has 1 aliphatic heterocycles. The molecule has 2 aromatic heterocycles. The second-order valence-electron chi connectivity index (χ2n) is 7.46. The van der Waals surface area contributed by atoms with E-state index in [-0.39, 0.29) is 5.91 Å². The number of aromatic nitrogens is 3. The number of carbonyl (C=O) groups is 1. The van der Waals surface area contributed by atoms with E-state index >= 15 is 0 Å². The average molecular weight is 446 g/mol. The highest BCUT2D eigenvalue weighted by atomic mass is 32.2. The van der Waals surface area contributed by atoms with Crippen molar-refractivity contribution < 1.29 is 13.9 Å². The van der Waals surface area contributed by atoms with Crippen molar-refractivity contribution in [3.63, 3.8) is 0 Å². The summed E-state index contributed by atoms with van der Waals surface area (Å²) in [5.74, 6) is 1.98. The fourth-order valence-electron chi connectivity index (χ4n) is 3.28. The number of thioether (sulfide) groups is 1. The number of carbonyl (C=O) groups excluding carboxylic acids is 1. The molecule has 1 N–H and O–H groups in total. The summed E-state index contributed by atoms with van der Waals surface area (Å²) in [6.07, 6.45) is 10.7. The molecule has 3 heterocycles. The molecule has 3 rings (SSSR count). The predicted molar refractivity (Wildman–Crippen MR) is 120 cm³/mol. The van der Waals surface area contributed by atoms with Crippen LogP contribution in [0.1, 0.15) is 43.6 Å². The number of pyridine rings is 1. The molecule has 0 aromatic carbocycles. The van der Waals surface area contributed by atoms with Crippen LogP contribution in [0.2, 0.25) is 0 Å². The summed E-state index contributed by atoms with van der Waals surface area (Å²) in [5, 5.41) is 11.1. The molecule has 9 heteroatoms. The van der Waals surface area contributed by atoms with Gasteiger partial charge in [-0.05, 0) is 50.1 Å². The summed E-state index contributed by atoms with van der Waals surface area (Å²) in [6, 6.07) is 4.06. The van der Waals surface area contributed by atoms with Crippen LogP contribution in [0, 0.1) is 6.92 Å². The van der Waals surface area contributed by atoms with E-state index in [2.05, 4.69) is 31.5 Å². The van der Waals surface area contributed by atoms with Gasteiger partial charge in [0.2, 0.25) is 17.7 Å². The Balaban J connectivity index is 1.24. The lowest BCUT2D eigenvalue weighted by atomic mass is 10.1. The summed E-state index contributed by atoms with van der Waals surface area (Å²) >= 11 is 1.47. The molecular formula is C22H31N5O3S. The van der Waals surface area contributed by atoms with E-state index in [4.69, 9.17) is 9.15 Å². The van der Waals surface area contributed by atoms with Crippen molar-refractivity contribution >= 4 is 17.7 Å². The lowest BCUT2D eigenvalue weighted by Gasteiger charge is -2.26. The second-order valence-corrected chi connectivity index (χ2v) is 8.51. The number of ether oxygens (including phenoxy) is 1. The van der Waals surface area contributed by atoms with Gasteiger partial charge in [0.05, 0.1) is 0 Å². The summed E-state index contributed by atoms with van der Waals surface area (Å²) in [6.45, 7) is 5.96. The van der Waals surface area contributed by atoms with E-state index in [1.54, 1.807) is 13.1 Å². The number of nitrogens with zero attached hydrogens (tertiary/aromatic N) is 4. The normalized spacial score (nSPS) is 14.7. The maximum atomic E-state index is 11.9. The lowest BCUT2D eigenvalue weighted by molar-refractivity contribution is -0.120. The van der Waals surface area contributed by atoms with Crippen LogP contribution >= 0.6 is 11.8 Å². The number of hydrogen-bond acceptors (Lipinski definition) is 8. The van der Waals surface area contributed by atoms with Gasteiger partial charge in [-0.3, -0.25) is 9.69 Å². The first-order valence-corrected chi connectivity index (χ1v) is 11.8. The van der Waals surface area contributed by atoms with Crippen LogP contribution in [0.5, 0.6) is 5.88 Å². The van der Waals surface area contributed by atoms with Crippen molar-refractivity contribution in [1.82, 2.24) is 25.4 Å². The Hall–Kier alpha value is -2.39. The van der Waals surface area contributed by atoms with Crippen LogP contribution < -0.4 is 10.1 Å². The summed E-state index contributed by atoms with van der Waals surface area (Å²) in [5.41, 5.74) is 1.23. The van der Waals surface area contributed by atoms with Crippen molar-refractivity contribution in [1.29, 1.82) is 0 Å². The average Bonchev–Trinajstić information content (AvgIpc) is 3.20. The Bertz CT molecular complexity index is 836. The van der Waals surface area contributed by atoms with Gasteiger partial charge in [-0.25, -0.2) is 4.98 Å². The minimum absolute atomic E-state index is 0.0277. The number of rotatable bonds is 12. The van der Waals surface area contributed by atoms with E-state index in [0.29, 0.717) is 36.6 Å². The molecule has 1 saturated heterocycles. The molecule has 31 heavy (non-hydrogen) atoms. The number of likely N-dealkylation sites (tertiary alicyclic amines) is 1. The number of amides is 1. The number of nitrogens with one attached hydrogen (secondary N) is 1. The van der Waals surface area contributed by atoms with Gasteiger partial charge in [0, 0.05) is 44.5 Å². The molecule has 0 saturated carbocycles. The maximum Gasteiger partial charge on any atom is 0.276 e. The first-order chi connectivity index (χ1) is 15.2. The topological polar surface area (TPSA) is 93.4 Å². The van der Waals surface area contributed by atoms with E-state index in [0.717, 1.165) is 18.7 Å². The maximum absolute atomic E-state index is 11.9. The summed E-state index contributed by atoms with van der Waals surface area (Å²) in [7, 11) is 0.